The number of thioether (sulfide) groups is 1. The number of thiophene rings is 1. The zero-order chi connectivity index (χ0) is 23.3. The molecule has 2 heterocycles. The van der Waals surface area contributed by atoms with Crippen LogP contribution in [0, 0.1) is 12.7 Å². The number of rotatable bonds is 5. The monoisotopic (exact) mass is 483 g/mol. The average Bonchev–Trinajstić information content (AvgIpc) is 3.19. The van der Waals surface area contributed by atoms with Crippen LogP contribution in [0.15, 0.2) is 28.5 Å². The summed E-state index contributed by atoms with van der Waals surface area (Å²) in [6, 6.07) is 4.09. The predicted octanol–water partition coefficient (Wildman–Crippen LogP) is 5.42. The summed E-state index contributed by atoms with van der Waals surface area (Å²) in [7, 11) is 0. The van der Waals surface area contributed by atoms with E-state index in [1.807, 2.05) is 0 Å². The van der Waals surface area contributed by atoms with Crippen LogP contribution in [-0.4, -0.2) is 38.1 Å². The molecule has 31 heavy (non-hydrogen) atoms. The van der Waals surface area contributed by atoms with Crippen LogP contribution in [0.5, 0.6) is 5.75 Å². The molecule has 166 valence electrons. The van der Waals surface area contributed by atoms with E-state index in [4.69, 9.17) is 5.11 Å². The van der Waals surface area contributed by atoms with Gasteiger partial charge in [-0.25, -0.2) is 4.39 Å². The first kappa shape index (κ1) is 23.0. The molecule has 0 radical (unpaired) electrons. The van der Waals surface area contributed by atoms with Crippen LogP contribution >= 0.6 is 23.1 Å². The van der Waals surface area contributed by atoms with Gasteiger partial charge in [-0.15, -0.1) is 11.3 Å². The largest absolute Gasteiger partial charge is 0.505 e. The Kier molecular flexibility index (Phi) is 5.78. The molecular formula is C18H11F6NO4S2. The molecule has 0 spiro atoms. The van der Waals surface area contributed by atoms with Crippen LogP contribution in [0.4, 0.5) is 26.3 Å². The number of phenolic OH excluding ortho intramolecular Hbond substituents is 1. The highest BCUT2D eigenvalue weighted by atomic mass is 32.2. The third-order valence-corrected chi connectivity index (χ3v) is 6.49. The second-order valence-corrected chi connectivity index (χ2v) is 8.80. The molecule has 0 fully saturated rings. The number of hydrogen-bond donors (Lipinski definition) is 2. The smallest absolute Gasteiger partial charge is 0.464 e. The number of carboxylic acids is 1. The first-order valence-corrected chi connectivity index (χ1v) is 9.89. The zero-order valence-corrected chi connectivity index (χ0v) is 16.9. The van der Waals surface area contributed by atoms with Crippen molar-refractivity contribution in [3.63, 3.8) is 0 Å². The Labute approximate surface area is 177 Å². The number of halogens is 6. The topological polar surface area (TPSA) is 79.5 Å². The molecule has 1 aromatic carbocycles. The van der Waals surface area contributed by atoms with Gasteiger partial charge >= 0.3 is 17.4 Å². The summed E-state index contributed by atoms with van der Waals surface area (Å²) in [6.07, 6.45) is -6.46. The molecule has 0 aliphatic heterocycles. The van der Waals surface area contributed by atoms with Crippen molar-refractivity contribution in [3.05, 3.63) is 46.2 Å². The molecule has 0 amide bonds. The number of hydrogen-bond acceptors (Lipinski definition) is 5. The van der Waals surface area contributed by atoms with Gasteiger partial charge in [0.05, 0.1) is 21.0 Å². The van der Waals surface area contributed by atoms with Crippen LogP contribution in [-0.2, 0) is 11.2 Å². The molecule has 3 aromatic rings. The second kappa shape index (κ2) is 7.79. The Morgan fingerprint density at radius 3 is 2.35 bits per heavy atom. The number of carbonyl (C=O) groups excluding carboxylic acids is 1. The van der Waals surface area contributed by atoms with Gasteiger partial charge in [0.15, 0.2) is 11.6 Å². The van der Waals surface area contributed by atoms with E-state index in [-0.39, 0.29) is 27.0 Å². The van der Waals surface area contributed by atoms with Gasteiger partial charge in [0.2, 0.25) is 0 Å². The summed E-state index contributed by atoms with van der Waals surface area (Å²) in [6.45, 7) is 1.33. The molecule has 0 saturated carbocycles. The van der Waals surface area contributed by atoms with Crippen molar-refractivity contribution < 1.29 is 46.1 Å². The van der Waals surface area contributed by atoms with Crippen molar-refractivity contribution in [2.24, 2.45) is 0 Å². The summed E-state index contributed by atoms with van der Waals surface area (Å²) >= 11 is -0.380. The molecule has 0 atom stereocenters. The third kappa shape index (κ3) is 4.11. The summed E-state index contributed by atoms with van der Waals surface area (Å²) in [4.78, 5) is 23.9. The molecule has 3 rings (SSSR count). The molecule has 5 nitrogen and oxygen atoms in total. The molecule has 13 heteroatoms. The van der Waals surface area contributed by atoms with E-state index in [2.05, 4.69) is 0 Å². The molecule has 0 saturated heterocycles. The third-order valence-electron chi connectivity index (χ3n) is 4.30. The van der Waals surface area contributed by atoms with Crippen molar-refractivity contribution in [1.82, 2.24) is 4.57 Å². The van der Waals surface area contributed by atoms with Crippen LogP contribution < -0.4 is 0 Å². The van der Waals surface area contributed by atoms with Gasteiger partial charge in [-0.05, 0) is 48.5 Å². The van der Waals surface area contributed by atoms with Gasteiger partial charge in [0.25, 0.3) is 5.91 Å². The van der Waals surface area contributed by atoms with Gasteiger partial charge in [0.1, 0.15) is 0 Å². The Bertz CT molecular complexity index is 1200. The maximum absolute atomic E-state index is 14.5. The van der Waals surface area contributed by atoms with Gasteiger partial charge < -0.3 is 10.2 Å². The SMILES string of the molecule is Cc1c(CC(=O)O)c2c(F)c(O)ccc2n1C(=O)c1ccc(SC(F)(F)C(F)(F)F)s1. The number of carbonyl (C=O) groups is 2. The Balaban J connectivity index is 2.08. The number of phenols is 1. The number of carboxylic acid groups (broad SMARTS) is 1. The van der Waals surface area contributed by atoms with Crippen LogP contribution in [0.2, 0.25) is 0 Å². The van der Waals surface area contributed by atoms with Crippen LogP contribution in [0.25, 0.3) is 10.9 Å². The highest BCUT2D eigenvalue weighted by Gasteiger charge is 2.58. The van der Waals surface area contributed by atoms with Crippen LogP contribution in [0.1, 0.15) is 20.9 Å². The maximum Gasteiger partial charge on any atom is 0.464 e. The lowest BCUT2D eigenvalue weighted by Crippen LogP contribution is -2.32. The van der Waals surface area contributed by atoms with E-state index >= 15 is 0 Å². The summed E-state index contributed by atoms with van der Waals surface area (Å²) < 4.78 is 78.7. The van der Waals surface area contributed by atoms with Crippen molar-refractivity contribution in [2.45, 2.75) is 29.0 Å². The number of aromatic hydroxyl groups is 1. The maximum atomic E-state index is 14.5. The molecule has 0 bridgehead atoms. The van der Waals surface area contributed by atoms with E-state index in [0.29, 0.717) is 11.3 Å². The summed E-state index contributed by atoms with van der Waals surface area (Å²) in [5, 5.41) is 13.4. The van der Waals surface area contributed by atoms with Crippen molar-refractivity contribution in [2.75, 3.05) is 0 Å². The highest BCUT2D eigenvalue weighted by Crippen LogP contribution is 2.49. The van der Waals surface area contributed by atoms with Crippen molar-refractivity contribution in [3.8, 4) is 5.75 Å². The lowest BCUT2D eigenvalue weighted by Gasteiger charge is -2.17. The minimum Gasteiger partial charge on any atom is -0.505 e. The number of aromatic nitrogens is 1. The number of nitrogens with zero attached hydrogens (tertiary/aromatic N) is 1. The average molecular weight is 483 g/mol. The van der Waals surface area contributed by atoms with E-state index in [9.17, 15) is 41.0 Å². The summed E-state index contributed by atoms with van der Waals surface area (Å²) in [5.41, 5.74) is -0.147. The minimum absolute atomic E-state index is 0.0233. The normalized spacial score (nSPS) is 12.5. The van der Waals surface area contributed by atoms with Gasteiger partial charge in [0, 0.05) is 11.1 Å². The fraction of sp³-hybridized carbons (Fsp3) is 0.222. The highest BCUT2D eigenvalue weighted by molar-refractivity contribution is 8.02. The fourth-order valence-electron chi connectivity index (χ4n) is 2.94. The lowest BCUT2D eigenvalue weighted by molar-refractivity contribution is -0.237. The van der Waals surface area contributed by atoms with E-state index in [1.165, 1.54) is 13.0 Å². The van der Waals surface area contributed by atoms with Crippen molar-refractivity contribution >= 4 is 45.9 Å². The predicted molar refractivity (Wildman–Crippen MR) is 101 cm³/mol. The molecular weight excluding hydrogens is 472 g/mol. The van der Waals surface area contributed by atoms with E-state index < -0.39 is 57.3 Å². The number of alkyl halides is 5. The lowest BCUT2D eigenvalue weighted by atomic mass is 10.1. The Morgan fingerprint density at radius 2 is 1.77 bits per heavy atom. The van der Waals surface area contributed by atoms with Gasteiger partial charge in [-0.2, -0.15) is 22.0 Å². The number of benzene rings is 1. The molecule has 0 aliphatic rings. The van der Waals surface area contributed by atoms with Crippen LogP contribution in [0.3, 0.4) is 0 Å². The second-order valence-electron chi connectivity index (χ2n) is 6.30. The first-order valence-electron chi connectivity index (χ1n) is 8.26. The van der Waals surface area contributed by atoms with E-state index in [0.717, 1.165) is 22.8 Å². The number of aliphatic carboxylic acids is 1. The number of fused-ring (bicyclic) bond motifs is 1. The standard InChI is InChI=1S/C18H11F6NO4S2/c1-7-8(6-12(27)28)14-9(2-3-10(26)15(14)19)25(7)16(29)11-4-5-13(30-11)31-18(23,24)17(20,21)22/h2-5,26H,6H2,1H3,(H,27,28). The quantitative estimate of drug-likeness (QED) is 0.374. The molecule has 0 aliphatic carbocycles. The minimum atomic E-state index is -5.79. The fourth-order valence-corrected chi connectivity index (χ4v) is 4.86. The Hall–Kier alpha value is -2.67. The van der Waals surface area contributed by atoms with Gasteiger partial charge in [-0.3, -0.25) is 14.2 Å². The van der Waals surface area contributed by atoms with Gasteiger partial charge in [-0.1, -0.05) is 0 Å². The summed E-state index contributed by atoms with van der Waals surface area (Å²) in [5.74, 6) is -4.12. The van der Waals surface area contributed by atoms with Crippen molar-refractivity contribution in [1.29, 1.82) is 0 Å². The first-order chi connectivity index (χ1) is 14.2. The molecule has 2 N–H and O–H groups in total. The Morgan fingerprint density at radius 1 is 1.13 bits per heavy atom. The zero-order valence-electron chi connectivity index (χ0n) is 15.3. The molecule has 0 unspecified atom stereocenters. The molecule has 2 aromatic heterocycles. The van der Waals surface area contributed by atoms with E-state index in [1.54, 1.807) is 0 Å².